The number of nitrogen functional groups attached to an aromatic ring is 1. The van der Waals surface area contributed by atoms with Crippen molar-refractivity contribution >= 4 is 11.6 Å². The minimum absolute atomic E-state index is 0.123. The molecule has 104 valence electrons. The van der Waals surface area contributed by atoms with Crippen LogP contribution in [0.5, 0.6) is 0 Å². The molecule has 1 aliphatic rings. The lowest BCUT2D eigenvalue weighted by molar-refractivity contribution is 0.0937. The van der Waals surface area contributed by atoms with Gasteiger partial charge in [0.1, 0.15) is 5.69 Å². The molecule has 2 rings (SSSR count). The summed E-state index contributed by atoms with van der Waals surface area (Å²) < 4.78 is 1.57. The Morgan fingerprint density at radius 3 is 2.95 bits per heavy atom. The Morgan fingerprint density at radius 2 is 2.37 bits per heavy atom. The second-order valence-corrected chi connectivity index (χ2v) is 5.05. The predicted octanol–water partition coefficient (Wildman–Crippen LogP) is 1.65. The van der Waals surface area contributed by atoms with E-state index in [0.29, 0.717) is 23.8 Å². The van der Waals surface area contributed by atoms with Gasteiger partial charge in [-0.1, -0.05) is 19.1 Å². The average molecular weight is 262 g/mol. The van der Waals surface area contributed by atoms with Crippen LogP contribution >= 0.6 is 0 Å². The van der Waals surface area contributed by atoms with Crippen molar-refractivity contribution in [3.05, 3.63) is 23.5 Å². The molecule has 1 aromatic heterocycles. The van der Waals surface area contributed by atoms with Crippen LogP contribution in [0.25, 0.3) is 0 Å². The minimum atomic E-state index is -0.123. The van der Waals surface area contributed by atoms with Crippen LogP contribution in [0.4, 0.5) is 5.69 Å². The van der Waals surface area contributed by atoms with Crippen molar-refractivity contribution in [2.75, 3.05) is 12.3 Å². The number of nitrogens with two attached hydrogens (primary N) is 1. The first-order chi connectivity index (χ1) is 9.13. The second kappa shape index (κ2) is 5.91. The highest BCUT2D eigenvalue weighted by molar-refractivity contribution is 5.97. The van der Waals surface area contributed by atoms with Crippen LogP contribution in [-0.4, -0.2) is 22.2 Å². The van der Waals surface area contributed by atoms with Gasteiger partial charge in [-0.2, -0.15) is 5.10 Å². The molecule has 1 aromatic rings. The normalized spacial score (nSPS) is 18.5. The molecule has 5 heteroatoms. The van der Waals surface area contributed by atoms with Crippen molar-refractivity contribution < 1.29 is 4.79 Å². The first-order valence-corrected chi connectivity index (χ1v) is 6.88. The molecule has 1 aliphatic carbocycles. The molecule has 0 saturated carbocycles. The van der Waals surface area contributed by atoms with E-state index in [-0.39, 0.29) is 5.91 Å². The van der Waals surface area contributed by atoms with Crippen molar-refractivity contribution in [2.24, 2.45) is 13.0 Å². The molecule has 0 aliphatic heterocycles. The van der Waals surface area contributed by atoms with Gasteiger partial charge in [0.05, 0.1) is 11.4 Å². The molecular formula is C14H22N4O. The summed E-state index contributed by atoms with van der Waals surface area (Å²) in [6.45, 7) is 2.68. The Labute approximate surface area is 113 Å². The van der Waals surface area contributed by atoms with Gasteiger partial charge >= 0.3 is 0 Å². The number of aromatic nitrogens is 2. The number of hydrogen-bond acceptors (Lipinski definition) is 3. The Hall–Kier alpha value is -1.78. The summed E-state index contributed by atoms with van der Waals surface area (Å²) in [6.07, 6.45) is 8.41. The summed E-state index contributed by atoms with van der Waals surface area (Å²) in [5, 5.41) is 7.24. The number of amides is 1. The number of allylic oxidation sites excluding steroid dienone is 2. The predicted molar refractivity (Wildman–Crippen MR) is 75.8 cm³/mol. The van der Waals surface area contributed by atoms with Crippen LogP contribution < -0.4 is 11.1 Å². The topological polar surface area (TPSA) is 72.9 Å². The zero-order chi connectivity index (χ0) is 13.8. The van der Waals surface area contributed by atoms with Gasteiger partial charge in [0.15, 0.2) is 0 Å². The molecule has 0 saturated heterocycles. The number of nitrogens with zero attached hydrogens (tertiary/aromatic N) is 2. The maximum Gasteiger partial charge on any atom is 0.271 e. The van der Waals surface area contributed by atoms with E-state index in [0.717, 1.165) is 31.4 Å². The van der Waals surface area contributed by atoms with Crippen molar-refractivity contribution in [1.29, 1.82) is 0 Å². The molecule has 0 aromatic carbocycles. The van der Waals surface area contributed by atoms with Crippen LogP contribution in [0.2, 0.25) is 0 Å². The number of rotatable bonds is 4. The zero-order valence-corrected chi connectivity index (χ0v) is 11.6. The average Bonchev–Trinajstić information content (AvgIpc) is 2.72. The Balaban J connectivity index is 1.99. The fraction of sp³-hybridized carbons (Fsp3) is 0.571. The molecule has 1 unspecified atom stereocenters. The summed E-state index contributed by atoms with van der Waals surface area (Å²) in [6, 6.07) is 0. The minimum Gasteiger partial charge on any atom is -0.395 e. The van der Waals surface area contributed by atoms with E-state index in [1.165, 1.54) is 0 Å². The highest BCUT2D eigenvalue weighted by atomic mass is 16.2. The highest BCUT2D eigenvalue weighted by Gasteiger charge is 2.20. The molecule has 3 N–H and O–H groups in total. The van der Waals surface area contributed by atoms with Crippen molar-refractivity contribution in [3.63, 3.8) is 0 Å². The van der Waals surface area contributed by atoms with E-state index in [4.69, 9.17) is 5.73 Å². The van der Waals surface area contributed by atoms with E-state index in [1.54, 1.807) is 11.7 Å². The summed E-state index contributed by atoms with van der Waals surface area (Å²) in [5.41, 5.74) is 7.74. The number of nitrogens with one attached hydrogen (secondary N) is 1. The van der Waals surface area contributed by atoms with E-state index in [2.05, 4.69) is 22.6 Å². The molecule has 1 amide bonds. The number of aryl methyl sites for hydroxylation is 2. The molecule has 0 spiro atoms. The smallest absolute Gasteiger partial charge is 0.271 e. The lowest BCUT2D eigenvalue weighted by Crippen LogP contribution is -2.31. The summed E-state index contributed by atoms with van der Waals surface area (Å²) in [4.78, 5) is 12.2. The van der Waals surface area contributed by atoms with Gasteiger partial charge < -0.3 is 11.1 Å². The van der Waals surface area contributed by atoms with Gasteiger partial charge in [-0.3, -0.25) is 9.48 Å². The second-order valence-electron chi connectivity index (χ2n) is 5.05. The van der Waals surface area contributed by atoms with Gasteiger partial charge in [0, 0.05) is 13.6 Å². The molecular weight excluding hydrogens is 240 g/mol. The Morgan fingerprint density at radius 1 is 1.58 bits per heavy atom. The zero-order valence-electron chi connectivity index (χ0n) is 11.6. The number of carbonyl (C=O) groups is 1. The molecule has 0 bridgehead atoms. The number of carbonyl (C=O) groups excluding carboxylic acids is 1. The maximum absolute atomic E-state index is 12.2. The highest BCUT2D eigenvalue weighted by Crippen LogP contribution is 2.19. The van der Waals surface area contributed by atoms with Gasteiger partial charge in [0.2, 0.25) is 0 Å². The largest absolute Gasteiger partial charge is 0.395 e. The van der Waals surface area contributed by atoms with Crippen molar-refractivity contribution in [3.8, 4) is 0 Å². The van der Waals surface area contributed by atoms with Gasteiger partial charge in [-0.25, -0.2) is 0 Å². The summed E-state index contributed by atoms with van der Waals surface area (Å²) in [5.74, 6) is 0.413. The monoisotopic (exact) mass is 262 g/mol. The van der Waals surface area contributed by atoms with Crippen LogP contribution in [0.1, 0.15) is 42.4 Å². The molecule has 5 nitrogen and oxygen atoms in total. The summed E-state index contributed by atoms with van der Waals surface area (Å²) >= 11 is 0. The van der Waals surface area contributed by atoms with E-state index in [9.17, 15) is 4.79 Å². The van der Waals surface area contributed by atoms with Crippen LogP contribution in [0, 0.1) is 5.92 Å². The lowest BCUT2D eigenvalue weighted by Gasteiger charge is -2.18. The van der Waals surface area contributed by atoms with E-state index >= 15 is 0 Å². The van der Waals surface area contributed by atoms with Crippen molar-refractivity contribution in [1.82, 2.24) is 15.1 Å². The standard InChI is InChI=1S/C14H22N4O/c1-3-11-12(15)13(18(2)17-11)14(19)16-9-10-7-5-4-6-8-10/h4-5,10H,3,6-9,15H2,1-2H3,(H,16,19). The van der Waals surface area contributed by atoms with E-state index < -0.39 is 0 Å². The van der Waals surface area contributed by atoms with Gasteiger partial charge in [-0.05, 0) is 31.6 Å². The molecule has 1 heterocycles. The van der Waals surface area contributed by atoms with Crippen LogP contribution in [0.15, 0.2) is 12.2 Å². The Kier molecular flexibility index (Phi) is 4.24. The first-order valence-electron chi connectivity index (χ1n) is 6.88. The number of hydrogen-bond donors (Lipinski definition) is 2. The van der Waals surface area contributed by atoms with Gasteiger partial charge in [-0.15, -0.1) is 0 Å². The summed E-state index contributed by atoms with van der Waals surface area (Å²) in [7, 11) is 1.76. The molecule has 19 heavy (non-hydrogen) atoms. The third-order valence-electron chi connectivity index (χ3n) is 3.64. The molecule has 1 atom stereocenters. The fourth-order valence-corrected chi connectivity index (χ4v) is 2.49. The maximum atomic E-state index is 12.2. The Bertz CT molecular complexity index is 490. The fourth-order valence-electron chi connectivity index (χ4n) is 2.49. The number of anilines is 1. The molecule has 0 fully saturated rings. The SMILES string of the molecule is CCc1nn(C)c(C(=O)NCC2CC=CCC2)c1N. The van der Waals surface area contributed by atoms with Crippen LogP contribution in [-0.2, 0) is 13.5 Å². The van der Waals surface area contributed by atoms with Gasteiger partial charge in [0.25, 0.3) is 5.91 Å². The van der Waals surface area contributed by atoms with E-state index in [1.807, 2.05) is 6.92 Å². The quantitative estimate of drug-likeness (QED) is 0.810. The lowest BCUT2D eigenvalue weighted by atomic mass is 9.94. The van der Waals surface area contributed by atoms with Crippen LogP contribution in [0.3, 0.4) is 0 Å². The third-order valence-corrected chi connectivity index (χ3v) is 3.64. The van der Waals surface area contributed by atoms with Crippen molar-refractivity contribution in [2.45, 2.75) is 32.6 Å². The molecule has 0 radical (unpaired) electrons. The third kappa shape index (κ3) is 2.97. The first kappa shape index (κ1) is 13.6.